The molecule has 0 saturated carbocycles. The second-order valence-corrected chi connectivity index (χ2v) is 4.84. The average Bonchev–Trinajstić information content (AvgIpc) is 2.39. The first kappa shape index (κ1) is 14.8. The van der Waals surface area contributed by atoms with Crippen LogP contribution in [0, 0.1) is 0 Å². The number of hydrogen-bond donors (Lipinski definition) is 2. The SMILES string of the molecule is CCCCCCCCCCNc1ncccc1N. The minimum absolute atomic E-state index is 0.733. The standard InChI is InChI=1S/C15H27N3/c1-2-3-4-5-6-7-8-9-12-17-15-14(16)11-10-13-18-15/h10-11,13H,2-9,12,16H2,1H3,(H,17,18). The first-order valence-corrected chi connectivity index (χ1v) is 7.29. The first-order valence-electron chi connectivity index (χ1n) is 7.29. The van der Waals surface area contributed by atoms with Crippen LogP contribution >= 0.6 is 0 Å². The summed E-state index contributed by atoms with van der Waals surface area (Å²) in [5.74, 6) is 0.820. The Balaban J connectivity index is 1.94. The van der Waals surface area contributed by atoms with Gasteiger partial charge in [0.1, 0.15) is 5.82 Å². The van der Waals surface area contributed by atoms with Gasteiger partial charge in [-0.25, -0.2) is 4.98 Å². The van der Waals surface area contributed by atoms with E-state index in [-0.39, 0.29) is 0 Å². The number of anilines is 2. The largest absolute Gasteiger partial charge is 0.396 e. The predicted octanol–water partition coefficient (Wildman–Crippen LogP) is 4.22. The maximum absolute atomic E-state index is 5.80. The molecule has 3 heteroatoms. The van der Waals surface area contributed by atoms with Gasteiger partial charge in [0.15, 0.2) is 0 Å². The number of nitrogens with two attached hydrogens (primary N) is 1. The number of pyridine rings is 1. The fraction of sp³-hybridized carbons (Fsp3) is 0.667. The van der Waals surface area contributed by atoms with Crippen LogP contribution in [0.15, 0.2) is 18.3 Å². The fourth-order valence-corrected chi connectivity index (χ4v) is 2.03. The van der Waals surface area contributed by atoms with E-state index in [9.17, 15) is 0 Å². The molecule has 0 spiro atoms. The van der Waals surface area contributed by atoms with E-state index in [1.54, 1.807) is 6.20 Å². The van der Waals surface area contributed by atoms with Crippen LogP contribution in [0.3, 0.4) is 0 Å². The number of nitrogen functional groups attached to an aromatic ring is 1. The molecule has 0 aliphatic carbocycles. The van der Waals surface area contributed by atoms with E-state index in [0.29, 0.717) is 0 Å². The number of rotatable bonds is 10. The normalized spacial score (nSPS) is 10.5. The highest BCUT2D eigenvalue weighted by Gasteiger charge is 1.97. The summed E-state index contributed by atoms with van der Waals surface area (Å²) in [7, 11) is 0. The second-order valence-electron chi connectivity index (χ2n) is 4.84. The molecule has 3 nitrogen and oxygen atoms in total. The van der Waals surface area contributed by atoms with Crippen molar-refractivity contribution in [3.63, 3.8) is 0 Å². The molecular weight excluding hydrogens is 222 g/mol. The molecule has 0 unspecified atom stereocenters. The zero-order valence-electron chi connectivity index (χ0n) is 11.6. The van der Waals surface area contributed by atoms with Crippen LogP contribution in [-0.2, 0) is 0 Å². The molecule has 0 saturated heterocycles. The molecule has 1 aromatic rings. The van der Waals surface area contributed by atoms with Gasteiger partial charge in [-0.1, -0.05) is 51.9 Å². The van der Waals surface area contributed by atoms with Crippen LogP contribution in [0.2, 0.25) is 0 Å². The van der Waals surface area contributed by atoms with Crippen molar-refractivity contribution in [1.29, 1.82) is 0 Å². The minimum Gasteiger partial charge on any atom is -0.396 e. The summed E-state index contributed by atoms with van der Waals surface area (Å²) < 4.78 is 0. The van der Waals surface area contributed by atoms with Gasteiger partial charge >= 0.3 is 0 Å². The number of aromatic nitrogens is 1. The van der Waals surface area contributed by atoms with Crippen molar-refractivity contribution in [2.24, 2.45) is 0 Å². The number of nitrogens with one attached hydrogen (secondary N) is 1. The second kappa shape index (κ2) is 9.75. The van der Waals surface area contributed by atoms with Gasteiger partial charge in [-0.3, -0.25) is 0 Å². The molecule has 3 N–H and O–H groups in total. The van der Waals surface area contributed by atoms with Gasteiger partial charge in [-0.2, -0.15) is 0 Å². The predicted molar refractivity (Wildman–Crippen MR) is 79.7 cm³/mol. The molecule has 1 aromatic heterocycles. The Bertz CT molecular complexity index is 312. The van der Waals surface area contributed by atoms with Crippen molar-refractivity contribution in [3.8, 4) is 0 Å². The van der Waals surface area contributed by atoms with Crippen molar-refractivity contribution >= 4 is 11.5 Å². The highest BCUT2D eigenvalue weighted by atomic mass is 15.0. The van der Waals surface area contributed by atoms with Crippen LogP contribution < -0.4 is 11.1 Å². The smallest absolute Gasteiger partial charge is 0.149 e. The van der Waals surface area contributed by atoms with Crippen LogP contribution in [0.4, 0.5) is 11.5 Å². The van der Waals surface area contributed by atoms with E-state index in [2.05, 4.69) is 17.2 Å². The van der Waals surface area contributed by atoms with Crippen LogP contribution in [0.1, 0.15) is 58.3 Å². The van der Waals surface area contributed by atoms with Gasteiger partial charge in [0.25, 0.3) is 0 Å². The van der Waals surface area contributed by atoms with E-state index >= 15 is 0 Å². The van der Waals surface area contributed by atoms with Crippen molar-refractivity contribution in [2.45, 2.75) is 58.3 Å². The molecule has 0 aliphatic heterocycles. The first-order chi connectivity index (χ1) is 8.84. The highest BCUT2D eigenvalue weighted by molar-refractivity contribution is 5.60. The summed E-state index contributed by atoms with van der Waals surface area (Å²) in [6.07, 6.45) is 12.5. The number of nitrogens with zero attached hydrogens (tertiary/aromatic N) is 1. The maximum Gasteiger partial charge on any atom is 0.149 e. The van der Waals surface area contributed by atoms with E-state index in [1.165, 1.54) is 51.4 Å². The summed E-state index contributed by atoms with van der Waals surface area (Å²) in [4.78, 5) is 4.21. The van der Waals surface area contributed by atoms with E-state index in [0.717, 1.165) is 18.1 Å². The Kier molecular flexibility index (Phi) is 8.02. The molecule has 1 rings (SSSR count). The van der Waals surface area contributed by atoms with Gasteiger partial charge in [-0.15, -0.1) is 0 Å². The average molecular weight is 249 g/mol. The highest BCUT2D eigenvalue weighted by Crippen LogP contribution is 2.13. The van der Waals surface area contributed by atoms with Crippen molar-refractivity contribution in [1.82, 2.24) is 4.98 Å². The summed E-state index contributed by atoms with van der Waals surface area (Å²) in [5.41, 5.74) is 6.54. The third-order valence-electron chi connectivity index (χ3n) is 3.16. The molecule has 102 valence electrons. The molecule has 0 radical (unpaired) electrons. The summed E-state index contributed by atoms with van der Waals surface area (Å²) in [5, 5.41) is 3.29. The molecule has 0 aliphatic rings. The molecule has 0 fully saturated rings. The summed E-state index contributed by atoms with van der Waals surface area (Å²) in [6.45, 7) is 3.23. The van der Waals surface area contributed by atoms with Gasteiger partial charge < -0.3 is 11.1 Å². The lowest BCUT2D eigenvalue weighted by Crippen LogP contribution is -2.05. The van der Waals surface area contributed by atoms with Gasteiger partial charge in [-0.05, 0) is 18.6 Å². The van der Waals surface area contributed by atoms with Crippen molar-refractivity contribution < 1.29 is 0 Å². The maximum atomic E-state index is 5.80. The van der Waals surface area contributed by atoms with Crippen LogP contribution in [0.25, 0.3) is 0 Å². The summed E-state index contributed by atoms with van der Waals surface area (Å²) in [6, 6.07) is 3.74. The molecule has 0 aromatic carbocycles. The molecule has 1 heterocycles. The molecule has 18 heavy (non-hydrogen) atoms. The molecule has 0 amide bonds. The zero-order valence-corrected chi connectivity index (χ0v) is 11.6. The lowest BCUT2D eigenvalue weighted by atomic mass is 10.1. The Hall–Kier alpha value is -1.25. The molecule has 0 bridgehead atoms. The monoisotopic (exact) mass is 249 g/mol. The van der Waals surface area contributed by atoms with Crippen LogP contribution in [0.5, 0.6) is 0 Å². The third kappa shape index (κ3) is 6.48. The van der Waals surface area contributed by atoms with Crippen molar-refractivity contribution in [2.75, 3.05) is 17.6 Å². The van der Waals surface area contributed by atoms with Gasteiger partial charge in [0.05, 0.1) is 5.69 Å². The Labute approximate surface area is 111 Å². The Morgan fingerprint density at radius 1 is 1.06 bits per heavy atom. The molecule has 0 atom stereocenters. The Morgan fingerprint density at radius 3 is 2.39 bits per heavy atom. The quantitative estimate of drug-likeness (QED) is 0.610. The third-order valence-corrected chi connectivity index (χ3v) is 3.16. The lowest BCUT2D eigenvalue weighted by Gasteiger charge is -2.07. The Morgan fingerprint density at radius 2 is 1.72 bits per heavy atom. The number of unbranched alkanes of at least 4 members (excludes halogenated alkanes) is 7. The topological polar surface area (TPSA) is 50.9 Å². The van der Waals surface area contributed by atoms with Gasteiger partial charge in [0.2, 0.25) is 0 Å². The van der Waals surface area contributed by atoms with E-state index < -0.39 is 0 Å². The lowest BCUT2D eigenvalue weighted by molar-refractivity contribution is 0.581. The fourth-order valence-electron chi connectivity index (χ4n) is 2.03. The molecular formula is C15H27N3. The van der Waals surface area contributed by atoms with Crippen LogP contribution in [-0.4, -0.2) is 11.5 Å². The minimum atomic E-state index is 0.733. The van der Waals surface area contributed by atoms with Gasteiger partial charge in [0, 0.05) is 12.7 Å². The zero-order chi connectivity index (χ0) is 13.1. The van der Waals surface area contributed by atoms with Crippen molar-refractivity contribution in [3.05, 3.63) is 18.3 Å². The van der Waals surface area contributed by atoms with E-state index in [4.69, 9.17) is 5.73 Å². The summed E-state index contributed by atoms with van der Waals surface area (Å²) >= 11 is 0. The van der Waals surface area contributed by atoms with E-state index in [1.807, 2.05) is 12.1 Å². The number of hydrogen-bond acceptors (Lipinski definition) is 3.